The van der Waals surface area contributed by atoms with E-state index in [4.69, 9.17) is 0 Å². The highest BCUT2D eigenvalue weighted by atomic mass is 16.1. The summed E-state index contributed by atoms with van der Waals surface area (Å²) in [5, 5.41) is 0. The lowest BCUT2D eigenvalue weighted by atomic mass is 9.45. The third-order valence-corrected chi connectivity index (χ3v) is 8.23. The van der Waals surface area contributed by atoms with Crippen LogP contribution in [0.2, 0.25) is 0 Å². The van der Waals surface area contributed by atoms with Gasteiger partial charge in [0.25, 0.3) is 0 Å². The fourth-order valence-electron chi connectivity index (χ4n) is 6.74. The first-order chi connectivity index (χ1) is 10.4. The SMILES string of the molecule is C=C1CCC2C3CC(=O)C4CC(=O)CC[C@]4(C)C3CC[C@]12C. The molecule has 6 atom stereocenters. The summed E-state index contributed by atoms with van der Waals surface area (Å²) in [4.78, 5) is 24.7. The van der Waals surface area contributed by atoms with E-state index in [9.17, 15) is 9.59 Å². The van der Waals surface area contributed by atoms with Gasteiger partial charge in [0.05, 0.1) is 0 Å². The Morgan fingerprint density at radius 3 is 2.55 bits per heavy atom. The first-order valence-electron chi connectivity index (χ1n) is 9.09. The fraction of sp³-hybridized carbons (Fsp3) is 0.800. The number of hydrogen-bond donors (Lipinski definition) is 0. The van der Waals surface area contributed by atoms with Crippen LogP contribution >= 0.6 is 0 Å². The molecule has 0 aliphatic heterocycles. The lowest BCUT2D eigenvalue weighted by molar-refractivity contribution is -0.156. The molecule has 4 unspecified atom stereocenters. The van der Waals surface area contributed by atoms with Gasteiger partial charge in [-0.25, -0.2) is 0 Å². The Morgan fingerprint density at radius 2 is 1.77 bits per heavy atom. The first kappa shape index (κ1) is 14.7. The second-order valence-corrected chi connectivity index (χ2v) is 8.95. The van der Waals surface area contributed by atoms with Crippen LogP contribution in [0.5, 0.6) is 0 Å². The minimum atomic E-state index is 0.0176. The molecule has 0 spiro atoms. The molecule has 0 saturated heterocycles. The molecule has 0 radical (unpaired) electrons. The lowest BCUT2D eigenvalue weighted by Crippen LogP contribution is -2.56. The van der Waals surface area contributed by atoms with Gasteiger partial charge in [-0.2, -0.15) is 0 Å². The summed E-state index contributed by atoms with van der Waals surface area (Å²) < 4.78 is 0. The van der Waals surface area contributed by atoms with Crippen LogP contribution in [0.1, 0.15) is 65.2 Å². The molecule has 4 rings (SSSR count). The maximum absolute atomic E-state index is 12.8. The summed E-state index contributed by atoms with van der Waals surface area (Å²) in [6, 6.07) is 0. The van der Waals surface area contributed by atoms with E-state index in [0.717, 1.165) is 19.3 Å². The molecule has 0 amide bonds. The first-order valence-corrected chi connectivity index (χ1v) is 9.09. The lowest BCUT2D eigenvalue weighted by Gasteiger charge is -2.58. The maximum Gasteiger partial charge on any atom is 0.137 e. The summed E-state index contributed by atoms with van der Waals surface area (Å²) in [6.45, 7) is 9.07. The summed E-state index contributed by atoms with van der Waals surface area (Å²) in [7, 11) is 0. The van der Waals surface area contributed by atoms with E-state index < -0.39 is 0 Å². The summed E-state index contributed by atoms with van der Waals surface area (Å²) in [5.41, 5.74) is 1.78. The summed E-state index contributed by atoms with van der Waals surface area (Å²) >= 11 is 0. The number of carbonyl (C=O) groups is 2. The van der Waals surface area contributed by atoms with Crippen molar-refractivity contribution < 1.29 is 9.59 Å². The number of fused-ring (bicyclic) bond motifs is 5. The van der Waals surface area contributed by atoms with Crippen molar-refractivity contribution in [2.75, 3.05) is 0 Å². The molecular weight excluding hydrogens is 272 g/mol. The minimum absolute atomic E-state index is 0.0176. The maximum atomic E-state index is 12.8. The highest BCUT2D eigenvalue weighted by molar-refractivity contribution is 5.90. The molecule has 2 nitrogen and oxygen atoms in total. The van der Waals surface area contributed by atoms with Crippen molar-refractivity contribution in [3.63, 3.8) is 0 Å². The topological polar surface area (TPSA) is 34.1 Å². The zero-order valence-corrected chi connectivity index (χ0v) is 14.0. The van der Waals surface area contributed by atoms with Crippen LogP contribution in [-0.2, 0) is 9.59 Å². The number of ketones is 2. The Labute approximate surface area is 133 Å². The predicted molar refractivity (Wildman–Crippen MR) is 86.3 cm³/mol. The fourth-order valence-corrected chi connectivity index (χ4v) is 6.74. The van der Waals surface area contributed by atoms with Gasteiger partial charge in [0.1, 0.15) is 11.6 Å². The van der Waals surface area contributed by atoms with E-state index in [1.807, 2.05) is 0 Å². The number of hydrogen-bond acceptors (Lipinski definition) is 2. The number of Topliss-reactive ketones (excluding diaryl/α,β-unsaturated/α-hetero) is 2. The van der Waals surface area contributed by atoms with Gasteiger partial charge in [0, 0.05) is 25.2 Å². The van der Waals surface area contributed by atoms with E-state index >= 15 is 0 Å². The van der Waals surface area contributed by atoms with Gasteiger partial charge in [-0.15, -0.1) is 0 Å². The van der Waals surface area contributed by atoms with Crippen LogP contribution in [0.4, 0.5) is 0 Å². The molecule has 4 fully saturated rings. The van der Waals surface area contributed by atoms with Crippen LogP contribution in [-0.4, -0.2) is 11.6 Å². The van der Waals surface area contributed by atoms with Gasteiger partial charge >= 0.3 is 0 Å². The summed E-state index contributed by atoms with van der Waals surface area (Å²) in [5.74, 6) is 2.55. The molecule has 0 aromatic carbocycles. The van der Waals surface area contributed by atoms with Gasteiger partial charge < -0.3 is 0 Å². The molecular formula is C20H28O2. The van der Waals surface area contributed by atoms with E-state index in [2.05, 4.69) is 20.4 Å². The standard InChI is InChI=1S/C20H28O2/c1-12-4-5-15-14-11-18(22)17-10-13(21)6-8-20(17,3)16(14)7-9-19(12,15)2/h14-17H,1,4-11H2,2-3H3/t14?,15?,16?,17?,19-,20-/m1/s1. The molecule has 0 aromatic heterocycles. The smallest absolute Gasteiger partial charge is 0.137 e. The molecule has 120 valence electrons. The molecule has 4 aliphatic rings. The highest BCUT2D eigenvalue weighted by Gasteiger charge is 2.60. The van der Waals surface area contributed by atoms with E-state index in [0.29, 0.717) is 42.2 Å². The van der Waals surface area contributed by atoms with Gasteiger partial charge in [0.15, 0.2) is 0 Å². The highest BCUT2D eigenvalue weighted by Crippen LogP contribution is 2.66. The number of allylic oxidation sites excluding steroid dienone is 1. The normalized spacial score (nSPS) is 51.3. The van der Waals surface area contributed by atoms with Gasteiger partial charge in [-0.1, -0.05) is 26.0 Å². The molecule has 0 aromatic rings. The van der Waals surface area contributed by atoms with E-state index in [1.165, 1.54) is 24.8 Å². The quantitative estimate of drug-likeness (QED) is 0.624. The molecule has 0 bridgehead atoms. The Kier molecular flexibility index (Phi) is 3.03. The second kappa shape index (κ2) is 4.55. The molecule has 4 saturated carbocycles. The van der Waals surface area contributed by atoms with Crippen molar-refractivity contribution in [3.8, 4) is 0 Å². The van der Waals surface area contributed by atoms with E-state index in [1.54, 1.807) is 0 Å². The Bertz CT molecular complexity index is 562. The van der Waals surface area contributed by atoms with Crippen LogP contribution in [0.15, 0.2) is 12.2 Å². The Morgan fingerprint density at radius 1 is 1.00 bits per heavy atom. The van der Waals surface area contributed by atoms with Crippen LogP contribution in [0.3, 0.4) is 0 Å². The third-order valence-electron chi connectivity index (χ3n) is 8.23. The van der Waals surface area contributed by atoms with Crippen molar-refractivity contribution in [2.45, 2.75) is 65.2 Å². The average Bonchev–Trinajstić information content (AvgIpc) is 2.77. The van der Waals surface area contributed by atoms with Crippen molar-refractivity contribution in [1.82, 2.24) is 0 Å². The van der Waals surface area contributed by atoms with Crippen LogP contribution < -0.4 is 0 Å². The van der Waals surface area contributed by atoms with Crippen molar-refractivity contribution in [2.24, 2.45) is 34.5 Å². The van der Waals surface area contributed by atoms with Crippen LogP contribution in [0, 0.1) is 34.5 Å². The van der Waals surface area contributed by atoms with E-state index in [-0.39, 0.29) is 16.7 Å². The third kappa shape index (κ3) is 1.73. The number of carbonyl (C=O) groups excluding carboxylic acids is 2. The van der Waals surface area contributed by atoms with Crippen molar-refractivity contribution >= 4 is 11.6 Å². The van der Waals surface area contributed by atoms with Gasteiger partial charge in [-0.3, -0.25) is 9.59 Å². The molecule has 4 aliphatic carbocycles. The zero-order valence-electron chi connectivity index (χ0n) is 14.0. The largest absolute Gasteiger partial charge is 0.300 e. The Hall–Kier alpha value is -0.920. The average molecular weight is 300 g/mol. The zero-order chi connectivity index (χ0) is 15.7. The monoisotopic (exact) mass is 300 g/mol. The second-order valence-electron chi connectivity index (χ2n) is 8.95. The molecule has 0 N–H and O–H groups in total. The molecule has 2 heteroatoms. The summed E-state index contributed by atoms with van der Waals surface area (Å²) in [6.07, 6.45) is 7.72. The van der Waals surface area contributed by atoms with Crippen LogP contribution in [0.25, 0.3) is 0 Å². The Balaban J connectivity index is 1.71. The van der Waals surface area contributed by atoms with Crippen molar-refractivity contribution in [1.29, 1.82) is 0 Å². The minimum Gasteiger partial charge on any atom is -0.300 e. The number of rotatable bonds is 0. The molecule has 0 heterocycles. The predicted octanol–water partition coefficient (Wildman–Crippen LogP) is 4.33. The van der Waals surface area contributed by atoms with Gasteiger partial charge in [0.2, 0.25) is 0 Å². The molecule has 22 heavy (non-hydrogen) atoms. The van der Waals surface area contributed by atoms with Gasteiger partial charge in [-0.05, 0) is 60.7 Å². The van der Waals surface area contributed by atoms with Crippen molar-refractivity contribution in [3.05, 3.63) is 12.2 Å².